The largest absolute Gasteiger partial charge is 0.384 e. The Kier molecular flexibility index (Phi) is 5.59. The molecule has 10 nitrogen and oxygen atoms in total. The molecule has 1 saturated heterocycles. The van der Waals surface area contributed by atoms with Crippen molar-refractivity contribution in [1.82, 2.24) is 34.5 Å². The first kappa shape index (κ1) is 21.5. The highest BCUT2D eigenvalue weighted by Gasteiger charge is 2.28. The van der Waals surface area contributed by atoms with E-state index in [-0.39, 0.29) is 0 Å². The first-order valence-electron chi connectivity index (χ1n) is 10.9. The smallest absolute Gasteiger partial charge is 0.243 e. The number of nitrogens with one attached hydrogen (secondary N) is 1. The number of nitrogens with zero attached hydrogens (tertiary/aromatic N) is 6. The van der Waals surface area contributed by atoms with E-state index in [9.17, 15) is 8.42 Å². The van der Waals surface area contributed by atoms with Gasteiger partial charge in [-0.3, -0.25) is 4.68 Å². The number of nitrogen functional groups attached to an aromatic ring is 1. The third-order valence-electron chi connectivity index (χ3n) is 6.10. The Balaban J connectivity index is 1.32. The van der Waals surface area contributed by atoms with Gasteiger partial charge in [0.1, 0.15) is 11.3 Å². The van der Waals surface area contributed by atoms with Crippen molar-refractivity contribution in [3.8, 4) is 0 Å². The first-order chi connectivity index (χ1) is 15.9. The first-order valence-corrected chi connectivity index (χ1v) is 12.4. The molecule has 0 atom stereocenters. The minimum Gasteiger partial charge on any atom is -0.384 e. The van der Waals surface area contributed by atoms with Gasteiger partial charge in [0.05, 0.1) is 17.6 Å². The van der Waals surface area contributed by atoms with Crippen LogP contribution in [0.3, 0.4) is 0 Å². The van der Waals surface area contributed by atoms with Gasteiger partial charge in [-0.15, -0.1) is 5.10 Å². The quantitative estimate of drug-likeness (QED) is 0.444. The fourth-order valence-corrected chi connectivity index (χ4v) is 5.77. The second kappa shape index (κ2) is 8.56. The molecule has 1 fully saturated rings. The van der Waals surface area contributed by atoms with Crippen LogP contribution in [0.1, 0.15) is 36.5 Å². The monoisotopic (exact) mass is 466 g/mol. The van der Waals surface area contributed by atoms with Crippen LogP contribution in [0.4, 0.5) is 5.82 Å². The molecular weight excluding hydrogens is 440 g/mol. The Morgan fingerprint density at radius 2 is 1.97 bits per heavy atom. The standard InChI is InChI=1S/C22H26N8O2S/c1-15-5-7-30(8-6-15)33(31,32)19-4-2-3-16(10-19)13-29-14-17(12-24-29)9-18-11-20(23)25-22-21(18)26-28-27-22/h2-4,10-12,14-15H,5-9,13H2,1H3,(H3,23,25,26,27,28). The van der Waals surface area contributed by atoms with E-state index in [2.05, 4.69) is 32.4 Å². The number of rotatable bonds is 6. The second-order valence-electron chi connectivity index (χ2n) is 8.66. The average Bonchev–Trinajstić information content (AvgIpc) is 3.43. The number of pyridine rings is 1. The normalized spacial score (nSPS) is 15.9. The molecule has 1 aromatic carbocycles. The van der Waals surface area contributed by atoms with Crippen molar-refractivity contribution in [3.63, 3.8) is 0 Å². The fraction of sp³-hybridized carbons (Fsp3) is 0.364. The molecule has 1 aliphatic heterocycles. The van der Waals surface area contributed by atoms with E-state index in [4.69, 9.17) is 5.73 Å². The van der Waals surface area contributed by atoms with E-state index in [0.29, 0.717) is 53.9 Å². The zero-order chi connectivity index (χ0) is 23.0. The van der Waals surface area contributed by atoms with E-state index in [0.717, 1.165) is 29.5 Å². The Bertz CT molecular complexity index is 1390. The lowest BCUT2D eigenvalue weighted by molar-refractivity contribution is 0.288. The lowest BCUT2D eigenvalue weighted by Crippen LogP contribution is -2.37. The number of nitrogens with two attached hydrogens (primary N) is 1. The van der Waals surface area contributed by atoms with Crippen molar-refractivity contribution in [1.29, 1.82) is 0 Å². The van der Waals surface area contributed by atoms with E-state index in [1.54, 1.807) is 39.4 Å². The van der Waals surface area contributed by atoms with Gasteiger partial charge in [0.15, 0.2) is 0 Å². The molecule has 172 valence electrons. The maximum atomic E-state index is 13.1. The van der Waals surface area contributed by atoms with Crippen LogP contribution in [0.25, 0.3) is 11.2 Å². The van der Waals surface area contributed by atoms with Crippen LogP contribution < -0.4 is 5.73 Å². The predicted octanol–water partition coefficient (Wildman–Crippen LogP) is 2.19. The van der Waals surface area contributed by atoms with Crippen molar-refractivity contribution in [2.45, 2.75) is 37.6 Å². The molecule has 0 amide bonds. The van der Waals surface area contributed by atoms with Gasteiger partial charge in [-0.2, -0.15) is 19.7 Å². The average molecular weight is 467 g/mol. The number of aromatic nitrogens is 6. The lowest BCUT2D eigenvalue weighted by Gasteiger charge is -2.29. The molecular formula is C22H26N8O2S. The van der Waals surface area contributed by atoms with Gasteiger partial charge in [0.25, 0.3) is 0 Å². The molecule has 3 aromatic heterocycles. The Labute approximate surface area is 191 Å². The number of H-pyrrole nitrogens is 1. The van der Waals surface area contributed by atoms with Gasteiger partial charge in [0, 0.05) is 25.7 Å². The molecule has 0 radical (unpaired) electrons. The zero-order valence-electron chi connectivity index (χ0n) is 18.3. The van der Waals surface area contributed by atoms with Gasteiger partial charge in [-0.25, -0.2) is 13.4 Å². The summed E-state index contributed by atoms with van der Waals surface area (Å²) in [6.07, 6.45) is 6.11. The summed E-state index contributed by atoms with van der Waals surface area (Å²) in [6, 6.07) is 8.92. The number of hydrogen-bond donors (Lipinski definition) is 2. The van der Waals surface area contributed by atoms with Crippen LogP contribution in [-0.4, -0.2) is 56.0 Å². The topological polar surface area (TPSA) is 136 Å². The minimum absolute atomic E-state index is 0.336. The summed E-state index contributed by atoms with van der Waals surface area (Å²) in [5.41, 5.74) is 9.83. The molecule has 0 saturated carbocycles. The summed E-state index contributed by atoms with van der Waals surface area (Å²) in [5, 5.41) is 15.2. The van der Waals surface area contributed by atoms with Crippen LogP contribution in [0.15, 0.2) is 47.6 Å². The maximum Gasteiger partial charge on any atom is 0.243 e. The SMILES string of the molecule is CC1CCN(S(=O)(=O)c2cccc(Cn3cc(Cc4cc(N)nc5n[nH]nc45)cn3)c2)CC1. The summed E-state index contributed by atoms with van der Waals surface area (Å²) in [6.45, 7) is 3.79. The molecule has 0 bridgehead atoms. The molecule has 0 spiro atoms. The fourth-order valence-electron chi connectivity index (χ4n) is 4.22. The van der Waals surface area contributed by atoms with Crippen LogP contribution in [0, 0.1) is 5.92 Å². The number of sulfonamides is 1. The summed E-state index contributed by atoms with van der Waals surface area (Å²) in [7, 11) is -3.48. The molecule has 11 heteroatoms. The highest BCUT2D eigenvalue weighted by atomic mass is 32.2. The number of fused-ring (bicyclic) bond motifs is 1. The maximum absolute atomic E-state index is 13.1. The van der Waals surface area contributed by atoms with Gasteiger partial charge in [0.2, 0.25) is 15.7 Å². The zero-order valence-corrected chi connectivity index (χ0v) is 19.2. The van der Waals surface area contributed by atoms with Crippen LogP contribution >= 0.6 is 0 Å². The molecule has 4 aromatic rings. The summed E-state index contributed by atoms with van der Waals surface area (Å²) >= 11 is 0. The number of hydrogen-bond acceptors (Lipinski definition) is 7. The number of piperidine rings is 1. The van der Waals surface area contributed by atoms with Crippen molar-refractivity contribution in [2.75, 3.05) is 18.8 Å². The predicted molar refractivity (Wildman–Crippen MR) is 124 cm³/mol. The van der Waals surface area contributed by atoms with Gasteiger partial charge in [-0.05, 0) is 53.6 Å². The van der Waals surface area contributed by atoms with Crippen molar-refractivity contribution in [3.05, 3.63) is 59.4 Å². The molecule has 3 N–H and O–H groups in total. The number of benzene rings is 1. The van der Waals surface area contributed by atoms with Crippen LogP contribution in [-0.2, 0) is 23.0 Å². The third kappa shape index (κ3) is 4.46. The number of aromatic amines is 1. The van der Waals surface area contributed by atoms with E-state index >= 15 is 0 Å². The van der Waals surface area contributed by atoms with Gasteiger partial charge in [-0.1, -0.05) is 19.1 Å². The molecule has 33 heavy (non-hydrogen) atoms. The van der Waals surface area contributed by atoms with Crippen molar-refractivity contribution < 1.29 is 8.42 Å². The van der Waals surface area contributed by atoms with Gasteiger partial charge < -0.3 is 5.73 Å². The number of anilines is 1. The Morgan fingerprint density at radius 3 is 2.79 bits per heavy atom. The Hall–Kier alpha value is -3.31. The van der Waals surface area contributed by atoms with E-state index in [1.807, 2.05) is 12.3 Å². The second-order valence-corrected chi connectivity index (χ2v) is 10.6. The van der Waals surface area contributed by atoms with Gasteiger partial charge >= 0.3 is 0 Å². The van der Waals surface area contributed by atoms with E-state index < -0.39 is 10.0 Å². The molecule has 4 heterocycles. The molecule has 5 rings (SSSR count). The summed E-state index contributed by atoms with van der Waals surface area (Å²) in [4.78, 5) is 4.50. The molecule has 1 aliphatic rings. The van der Waals surface area contributed by atoms with Crippen LogP contribution in [0.5, 0.6) is 0 Å². The highest BCUT2D eigenvalue weighted by molar-refractivity contribution is 7.89. The lowest BCUT2D eigenvalue weighted by atomic mass is 10.0. The van der Waals surface area contributed by atoms with Crippen molar-refractivity contribution >= 4 is 27.0 Å². The van der Waals surface area contributed by atoms with Crippen molar-refractivity contribution in [2.24, 2.45) is 5.92 Å². The third-order valence-corrected chi connectivity index (χ3v) is 7.99. The molecule has 0 unspecified atom stereocenters. The summed E-state index contributed by atoms with van der Waals surface area (Å²) < 4.78 is 29.6. The molecule has 0 aliphatic carbocycles. The highest BCUT2D eigenvalue weighted by Crippen LogP contribution is 2.24. The van der Waals surface area contributed by atoms with E-state index in [1.165, 1.54) is 0 Å². The Morgan fingerprint density at radius 1 is 1.15 bits per heavy atom. The summed E-state index contributed by atoms with van der Waals surface area (Å²) in [5.74, 6) is 0.959. The minimum atomic E-state index is -3.48. The van der Waals surface area contributed by atoms with Crippen LogP contribution in [0.2, 0.25) is 0 Å².